The summed E-state index contributed by atoms with van der Waals surface area (Å²) in [5.74, 6) is 1.45. The topological polar surface area (TPSA) is 47.9 Å². The predicted molar refractivity (Wildman–Crippen MR) is 40.8 cm³/mol. The van der Waals surface area contributed by atoms with Crippen LogP contribution < -0.4 is 14.2 Å². The van der Waals surface area contributed by atoms with Gasteiger partial charge >= 0.3 is 0 Å². The molecule has 0 spiro atoms. The maximum atomic E-state index is 9.31. The van der Waals surface area contributed by atoms with Gasteiger partial charge in [-0.25, -0.2) is 0 Å². The first-order chi connectivity index (χ1) is 5.83. The fourth-order valence-electron chi connectivity index (χ4n) is 1.13. The molecule has 0 atom stereocenters. The third kappa shape index (κ3) is 0.845. The summed E-state index contributed by atoms with van der Waals surface area (Å²) in [7, 11) is 1.47. The molecule has 0 saturated carbocycles. The van der Waals surface area contributed by atoms with E-state index < -0.39 is 0 Å². The minimum absolute atomic E-state index is 0.0572. The van der Waals surface area contributed by atoms with Crippen molar-refractivity contribution in [3.8, 4) is 23.0 Å². The number of methoxy groups -OCH3 is 1. The summed E-state index contributed by atoms with van der Waals surface area (Å²) in [6.45, 7) is 0.176. The number of aromatic hydroxyl groups is 1. The van der Waals surface area contributed by atoms with Gasteiger partial charge in [-0.15, -0.1) is 0 Å². The van der Waals surface area contributed by atoms with E-state index in [1.807, 2.05) is 0 Å². The first kappa shape index (κ1) is 7.09. The highest BCUT2D eigenvalue weighted by atomic mass is 16.7. The number of ether oxygens (including phenoxy) is 3. The second kappa shape index (κ2) is 2.48. The molecule has 12 heavy (non-hydrogen) atoms. The third-order valence-electron chi connectivity index (χ3n) is 1.68. The molecule has 0 bridgehead atoms. The maximum absolute atomic E-state index is 9.31. The van der Waals surface area contributed by atoms with E-state index in [0.717, 1.165) is 0 Å². The largest absolute Gasteiger partial charge is 0.504 e. The molecule has 0 amide bonds. The Labute approximate surface area is 69.3 Å². The molecule has 0 saturated heterocycles. The van der Waals surface area contributed by atoms with Gasteiger partial charge in [-0.05, 0) is 12.1 Å². The Kier molecular flexibility index (Phi) is 1.46. The molecule has 1 N–H and O–H groups in total. The average Bonchev–Trinajstić information content (AvgIpc) is 2.52. The number of benzene rings is 1. The molecule has 1 aromatic carbocycles. The Hall–Kier alpha value is -1.58. The van der Waals surface area contributed by atoms with E-state index >= 15 is 0 Å². The molecule has 0 radical (unpaired) electrons. The molecule has 0 fully saturated rings. The molecule has 2 rings (SSSR count). The Balaban J connectivity index is 2.57. The van der Waals surface area contributed by atoms with Gasteiger partial charge in [-0.3, -0.25) is 0 Å². The minimum atomic E-state index is 0.0572. The summed E-state index contributed by atoms with van der Waals surface area (Å²) in [4.78, 5) is 0. The highest BCUT2D eigenvalue weighted by molar-refractivity contribution is 5.59. The van der Waals surface area contributed by atoms with Crippen LogP contribution >= 0.6 is 0 Å². The quantitative estimate of drug-likeness (QED) is 0.682. The zero-order valence-electron chi connectivity index (χ0n) is 6.53. The summed E-state index contributed by atoms with van der Waals surface area (Å²) in [5, 5.41) is 9.31. The van der Waals surface area contributed by atoms with Crippen molar-refractivity contribution in [1.29, 1.82) is 0 Å². The molecule has 4 heteroatoms. The molecule has 0 unspecified atom stereocenters. The first-order valence-corrected chi connectivity index (χ1v) is 3.48. The van der Waals surface area contributed by atoms with Crippen molar-refractivity contribution in [1.82, 2.24) is 0 Å². The standard InChI is InChI=1S/C8H8O4/c1-10-7-5(9)2-3-6-8(7)12-4-11-6/h2-3,9H,4H2,1H3. The van der Waals surface area contributed by atoms with Crippen molar-refractivity contribution in [3.63, 3.8) is 0 Å². The van der Waals surface area contributed by atoms with Crippen molar-refractivity contribution in [3.05, 3.63) is 12.1 Å². The molecule has 0 aliphatic carbocycles. The number of phenols is 1. The lowest BCUT2D eigenvalue weighted by Crippen LogP contribution is -1.93. The minimum Gasteiger partial charge on any atom is -0.504 e. The van der Waals surface area contributed by atoms with Crippen LogP contribution in [0.15, 0.2) is 12.1 Å². The highest BCUT2D eigenvalue weighted by Gasteiger charge is 2.21. The van der Waals surface area contributed by atoms with Crippen LogP contribution in [0.25, 0.3) is 0 Å². The van der Waals surface area contributed by atoms with Crippen LogP contribution in [0.3, 0.4) is 0 Å². The summed E-state index contributed by atoms with van der Waals surface area (Å²) in [6.07, 6.45) is 0. The SMILES string of the molecule is COc1c(O)ccc2c1OCO2. The lowest BCUT2D eigenvalue weighted by molar-refractivity contribution is 0.171. The van der Waals surface area contributed by atoms with Gasteiger partial charge in [-0.1, -0.05) is 0 Å². The Morgan fingerprint density at radius 2 is 2.25 bits per heavy atom. The molecular weight excluding hydrogens is 160 g/mol. The van der Waals surface area contributed by atoms with Gasteiger partial charge in [-0.2, -0.15) is 0 Å². The fourth-order valence-corrected chi connectivity index (χ4v) is 1.13. The lowest BCUT2D eigenvalue weighted by Gasteiger charge is -2.05. The zero-order valence-corrected chi connectivity index (χ0v) is 6.53. The van der Waals surface area contributed by atoms with Crippen molar-refractivity contribution < 1.29 is 19.3 Å². The molecule has 1 heterocycles. The van der Waals surface area contributed by atoms with Gasteiger partial charge in [0, 0.05) is 0 Å². The lowest BCUT2D eigenvalue weighted by atomic mass is 10.3. The Bertz CT molecular complexity index is 308. The van der Waals surface area contributed by atoms with Crippen LogP contribution in [0.4, 0.5) is 0 Å². The van der Waals surface area contributed by atoms with Crippen molar-refractivity contribution in [2.75, 3.05) is 13.9 Å². The molecule has 1 aromatic rings. The molecular formula is C8H8O4. The molecule has 1 aliphatic rings. The number of hydrogen-bond acceptors (Lipinski definition) is 4. The number of hydrogen-bond donors (Lipinski definition) is 1. The smallest absolute Gasteiger partial charge is 0.231 e. The number of phenolic OH excluding ortho intramolecular Hbond substituents is 1. The van der Waals surface area contributed by atoms with E-state index in [9.17, 15) is 5.11 Å². The van der Waals surface area contributed by atoms with Crippen molar-refractivity contribution in [2.24, 2.45) is 0 Å². The molecule has 4 nitrogen and oxygen atoms in total. The summed E-state index contributed by atoms with van der Waals surface area (Å²) in [5.41, 5.74) is 0. The van der Waals surface area contributed by atoms with Gasteiger partial charge in [0.25, 0.3) is 0 Å². The van der Waals surface area contributed by atoms with Gasteiger partial charge < -0.3 is 19.3 Å². The van der Waals surface area contributed by atoms with Crippen LogP contribution in [-0.4, -0.2) is 19.0 Å². The second-order valence-electron chi connectivity index (χ2n) is 2.35. The Morgan fingerprint density at radius 1 is 1.42 bits per heavy atom. The normalized spacial score (nSPS) is 13.1. The van der Waals surface area contributed by atoms with E-state index in [-0.39, 0.29) is 12.5 Å². The van der Waals surface area contributed by atoms with E-state index in [0.29, 0.717) is 17.2 Å². The molecule has 1 aliphatic heterocycles. The van der Waals surface area contributed by atoms with E-state index in [1.165, 1.54) is 13.2 Å². The van der Waals surface area contributed by atoms with Gasteiger partial charge in [0.15, 0.2) is 11.5 Å². The van der Waals surface area contributed by atoms with Gasteiger partial charge in [0.1, 0.15) is 0 Å². The first-order valence-electron chi connectivity index (χ1n) is 3.48. The number of fused-ring (bicyclic) bond motifs is 1. The summed E-state index contributed by atoms with van der Waals surface area (Å²) < 4.78 is 15.1. The van der Waals surface area contributed by atoms with E-state index in [2.05, 4.69) is 0 Å². The molecule has 64 valence electrons. The second-order valence-corrected chi connectivity index (χ2v) is 2.35. The highest BCUT2D eigenvalue weighted by Crippen LogP contribution is 2.45. The van der Waals surface area contributed by atoms with Crippen LogP contribution in [0.1, 0.15) is 0 Å². The maximum Gasteiger partial charge on any atom is 0.231 e. The number of rotatable bonds is 1. The van der Waals surface area contributed by atoms with E-state index in [4.69, 9.17) is 14.2 Å². The van der Waals surface area contributed by atoms with Crippen LogP contribution in [0, 0.1) is 0 Å². The third-order valence-corrected chi connectivity index (χ3v) is 1.68. The van der Waals surface area contributed by atoms with Crippen LogP contribution in [-0.2, 0) is 0 Å². The van der Waals surface area contributed by atoms with E-state index in [1.54, 1.807) is 6.07 Å². The van der Waals surface area contributed by atoms with Crippen molar-refractivity contribution >= 4 is 0 Å². The van der Waals surface area contributed by atoms with Gasteiger partial charge in [0.2, 0.25) is 18.3 Å². The summed E-state index contributed by atoms with van der Waals surface area (Å²) >= 11 is 0. The average molecular weight is 168 g/mol. The predicted octanol–water partition coefficient (Wildman–Crippen LogP) is 1.13. The van der Waals surface area contributed by atoms with Gasteiger partial charge in [0.05, 0.1) is 7.11 Å². The monoisotopic (exact) mass is 168 g/mol. The zero-order chi connectivity index (χ0) is 8.55. The summed E-state index contributed by atoms with van der Waals surface area (Å²) in [6, 6.07) is 3.15. The fraction of sp³-hybridized carbons (Fsp3) is 0.250. The Morgan fingerprint density at radius 3 is 3.00 bits per heavy atom. The van der Waals surface area contributed by atoms with Crippen LogP contribution in [0.2, 0.25) is 0 Å². The van der Waals surface area contributed by atoms with Crippen molar-refractivity contribution in [2.45, 2.75) is 0 Å². The van der Waals surface area contributed by atoms with Crippen LogP contribution in [0.5, 0.6) is 23.0 Å². The molecule has 0 aromatic heterocycles.